The van der Waals surface area contributed by atoms with Crippen LogP contribution >= 0.6 is 15.9 Å². The van der Waals surface area contributed by atoms with Gasteiger partial charge in [0.05, 0.1) is 5.56 Å². The lowest BCUT2D eigenvalue weighted by atomic mass is 10.1. The van der Waals surface area contributed by atoms with Crippen molar-refractivity contribution in [3.05, 3.63) is 75.5 Å². The largest absolute Gasteiger partial charge is 0.289 e. The van der Waals surface area contributed by atoms with Gasteiger partial charge in [0.15, 0.2) is 5.78 Å². The quantitative estimate of drug-likeness (QED) is 0.581. The Balaban J connectivity index is 2.24. The Morgan fingerprint density at radius 3 is 2.40 bits per heavy atom. The maximum Gasteiger partial charge on any atom is 0.188 e. The molecule has 0 heterocycles. The fourth-order valence-electron chi connectivity index (χ4n) is 1.58. The summed E-state index contributed by atoms with van der Waals surface area (Å²) in [5.74, 6) is -2.88. The summed E-state index contributed by atoms with van der Waals surface area (Å²) in [4.78, 5) is 11.7. The Morgan fingerprint density at radius 1 is 1.00 bits per heavy atom. The topological polar surface area (TPSA) is 17.1 Å². The van der Waals surface area contributed by atoms with E-state index in [1.54, 1.807) is 6.07 Å². The number of carbonyl (C=O) groups is 1. The van der Waals surface area contributed by atoms with Crippen molar-refractivity contribution in [2.45, 2.75) is 0 Å². The van der Waals surface area contributed by atoms with E-state index in [0.717, 1.165) is 18.2 Å². The molecule has 0 saturated heterocycles. The number of rotatable bonds is 3. The summed E-state index contributed by atoms with van der Waals surface area (Å²) >= 11 is 3.11. The average Bonchev–Trinajstić information content (AvgIpc) is 2.37. The third-order valence-electron chi connectivity index (χ3n) is 2.57. The zero-order valence-electron chi connectivity index (χ0n) is 10.0. The summed E-state index contributed by atoms with van der Waals surface area (Å²) in [6.07, 6.45) is 2.29. The Bertz CT molecular complexity index is 696. The van der Waals surface area contributed by atoms with Crippen molar-refractivity contribution in [3.8, 4) is 0 Å². The van der Waals surface area contributed by atoms with Crippen LogP contribution in [0.3, 0.4) is 0 Å². The molecule has 0 spiro atoms. The van der Waals surface area contributed by atoms with Crippen molar-refractivity contribution in [2.75, 3.05) is 0 Å². The van der Waals surface area contributed by atoms with Crippen molar-refractivity contribution in [3.63, 3.8) is 0 Å². The first-order valence-corrected chi connectivity index (χ1v) is 6.39. The molecule has 102 valence electrons. The smallest absolute Gasteiger partial charge is 0.188 e. The van der Waals surface area contributed by atoms with Crippen molar-refractivity contribution >= 4 is 27.8 Å². The SMILES string of the molecule is O=C(/C=C/c1ccc(Br)cc1F)c1ccc(F)cc1F. The van der Waals surface area contributed by atoms with E-state index in [4.69, 9.17) is 0 Å². The zero-order chi connectivity index (χ0) is 14.7. The molecule has 20 heavy (non-hydrogen) atoms. The lowest BCUT2D eigenvalue weighted by Crippen LogP contribution is -1.99. The van der Waals surface area contributed by atoms with Crippen LogP contribution in [0.4, 0.5) is 13.2 Å². The van der Waals surface area contributed by atoms with Crippen LogP contribution in [0.2, 0.25) is 0 Å². The number of allylic oxidation sites excluding steroid dienone is 1. The van der Waals surface area contributed by atoms with Crippen LogP contribution in [-0.4, -0.2) is 5.78 Å². The first-order valence-electron chi connectivity index (χ1n) is 5.60. The molecule has 5 heteroatoms. The molecule has 0 radical (unpaired) electrons. The molecule has 0 aliphatic carbocycles. The number of benzene rings is 2. The summed E-state index contributed by atoms with van der Waals surface area (Å²) in [6.45, 7) is 0. The van der Waals surface area contributed by atoms with Crippen molar-refractivity contribution < 1.29 is 18.0 Å². The molecule has 0 aliphatic heterocycles. The molecule has 0 bridgehead atoms. The predicted octanol–water partition coefficient (Wildman–Crippen LogP) is 4.76. The number of halogens is 4. The van der Waals surface area contributed by atoms with Crippen LogP contribution in [-0.2, 0) is 0 Å². The van der Waals surface area contributed by atoms with Crippen LogP contribution in [0.25, 0.3) is 6.08 Å². The van der Waals surface area contributed by atoms with Crippen LogP contribution in [0.5, 0.6) is 0 Å². The predicted molar refractivity (Wildman–Crippen MR) is 73.8 cm³/mol. The molecule has 2 aromatic carbocycles. The summed E-state index contributed by atoms with van der Waals surface area (Å²) in [7, 11) is 0. The standard InChI is InChI=1S/C15H8BrF3O/c16-10-3-1-9(13(18)7-10)2-6-15(20)12-5-4-11(17)8-14(12)19/h1-8H/b6-2+. The molecular formula is C15H8BrF3O. The van der Waals surface area contributed by atoms with E-state index in [1.807, 2.05) is 0 Å². The van der Waals surface area contributed by atoms with Gasteiger partial charge in [-0.2, -0.15) is 0 Å². The highest BCUT2D eigenvalue weighted by atomic mass is 79.9. The fraction of sp³-hybridized carbons (Fsp3) is 0. The van der Waals surface area contributed by atoms with Crippen molar-refractivity contribution in [1.82, 2.24) is 0 Å². The van der Waals surface area contributed by atoms with Crippen LogP contribution in [0.1, 0.15) is 15.9 Å². The van der Waals surface area contributed by atoms with Crippen molar-refractivity contribution in [2.24, 2.45) is 0 Å². The van der Waals surface area contributed by atoms with E-state index in [0.29, 0.717) is 10.5 Å². The normalized spacial score (nSPS) is 11.0. The second kappa shape index (κ2) is 6.05. The minimum atomic E-state index is -0.948. The Morgan fingerprint density at radius 2 is 1.75 bits per heavy atom. The molecule has 0 N–H and O–H groups in total. The molecule has 2 rings (SSSR count). The first-order chi connectivity index (χ1) is 9.47. The van der Waals surface area contributed by atoms with E-state index < -0.39 is 23.2 Å². The second-order valence-corrected chi connectivity index (χ2v) is 4.90. The molecule has 0 aromatic heterocycles. The van der Waals surface area contributed by atoms with Gasteiger partial charge in [0, 0.05) is 16.1 Å². The molecule has 0 saturated carbocycles. The van der Waals surface area contributed by atoms with E-state index in [-0.39, 0.29) is 11.1 Å². The highest BCUT2D eigenvalue weighted by Crippen LogP contribution is 2.17. The van der Waals surface area contributed by atoms with Gasteiger partial charge < -0.3 is 0 Å². The highest BCUT2D eigenvalue weighted by molar-refractivity contribution is 9.10. The number of carbonyl (C=O) groups excluding carboxylic acids is 1. The van der Waals surface area contributed by atoms with Gasteiger partial charge in [-0.05, 0) is 36.4 Å². The van der Waals surface area contributed by atoms with Crippen LogP contribution in [0.15, 0.2) is 46.9 Å². The Labute approximate surface area is 121 Å². The maximum atomic E-state index is 13.5. The summed E-state index contributed by atoms with van der Waals surface area (Å²) in [5, 5.41) is 0. The molecule has 0 fully saturated rings. The summed E-state index contributed by atoms with van der Waals surface area (Å²) in [5.41, 5.74) is -0.0655. The van der Waals surface area contributed by atoms with Crippen molar-refractivity contribution in [1.29, 1.82) is 0 Å². The maximum absolute atomic E-state index is 13.5. The molecule has 1 nitrogen and oxygen atoms in total. The molecule has 0 amide bonds. The first kappa shape index (κ1) is 14.5. The van der Waals surface area contributed by atoms with Gasteiger partial charge in [-0.15, -0.1) is 0 Å². The molecule has 2 aromatic rings. The average molecular weight is 341 g/mol. The summed E-state index contributed by atoms with van der Waals surface area (Å²) in [6, 6.07) is 7.01. The monoisotopic (exact) mass is 340 g/mol. The van der Waals surface area contributed by atoms with E-state index in [2.05, 4.69) is 15.9 Å². The molecule has 0 unspecified atom stereocenters. The molecular weight excluding hydrogens is 333 g/mol. The lowest BCUT2D eigenvalue weighted by molar-refractivity contribution is 0.104. The van der Waals surface area contributed by atoms with E-state index >= 15 is 0 Å². The van der Waals surface area contributed by atoms with Gasteiger partial charge in [0.25, 0.3) is 0 Å². The number of hydrogen-bond acceptors (Lipinski definition) is 1. The van der Waals surface area contributed by atoms with Gasteiger partial charge in [0.1, 0.15) is 17.5 Å². The zero-order valence-corrected chi connectivity index (χ0v) is 11.6. The highest BCUT2D eigenvalue weighted by Gasteiger charge is 2.10. The third kappa shape index (κ3) is 3.36. The Hall–Kier alpha value is -1.88. The van der Waals surface area contributed by atoms with E-state index in [9.17, 15) is 18.0 Å². The number of hydrogen-bond donors (Lipinski definition) is 0. The minimum Gasteiger partial charge on any atom is -0.289 e. The van der Waals surface area contributed by atoms with Crippen LogP contribution in [0, 0.1) is 17.5 Å². The minimum absolute atomic E-state index is 0.198. The molecule has 0 atom stereocenters. The van der Waals surface area contributed by atoms with Gasteiger partial charge in [-0.25, -0.2) is 13.2 Å². The van der Waals surface area contributed by atoms with Gasteiger partial charge in [-0.3, -0.25) is 4.79 Å². The summed E-state index contributed by atoms with van der Waals surface area (Å²) < 4.78 is 40.2. The van der Waals surface area contributed by atoms with Gasteiger partial charge in [-0.1, -0.05) is 22.0 Å². The van der Waals surface area contributed by atoms with Gasteiger partial charge >= 0.3 is 0 Å². The van der Waals surface area contributed by atoms with Crippen LogP contribution < -0.4 is 0 Å². The van der Waals surface area contributed by atoms with Gasteiger partial charge in [0.2, 0.25) is 0 Å². The fourth-order valence-corrected chi connectivity index (χ4v) is 1.91. The number of ketones is 1. The third-order valence-corrected chi connectivity index (χ3v) is 3.07. The second-order valence-electron chi connectivity index (χ2n) is 3.99. The molecule has 0 aliphatic rings. The van der Waals surface area contributed by atoms with E-state index in [1.165, 1.54) is 18.2 Å². The lowest BCUT2D eigenvalue weighted by Gasteiger charge is -1.99. The Kier molecular flexibility index (Phi) is 4.39.